The molecule has 20 heavy (non-hydrogen) atoms. The van der Waals surface area contributed by atoms with E-state index in [1.54, 1.807) is 24.3 Å². The number of aliphatic carboxylic acids is 1. The topological polar surface area (TPSA) is 99.1 Å². The number of urea groups is 1. The highest BCUT2D eigenvalue weighted by molar-refractivity contribution is 5.93. The number of nitrogens with zero attached hydrogens (tertiary/aromatic N) is 1. The van der Waals surface area contributed by atoms with Gasteiger partial charge in [0.15, 0.2) is 0 Å². The first kappa shape index (κ1) is 14.1. The van der Waals surface area contributed by atoms with Gasteiger partial charge in [-0.2, -0.15) is 0 Å². The first-order valence-electron chi connectivity index (χ1n) is 6.14. The third-order valence-electron chi connectivity index (χ3n) is 3.15. The Morgan fingerprint density at radius 2 is 2.20 bits per heavy atom. The maximum Gasteiger partial charge on any atom is 0.326 e. The van der Waals surface area contributed by atoms with Gasteiger partial charge in [-0.05, 0) is 12.1 Å². The number of aliphatic hydroxyl groups is 1. The number of rotatable bonds is 3. The number of ether oxygens (including phenoxy) is 1. The Bertz CT molecular complexity index is 519. The van der Waals surface area contributed by atoms with Crippen LogP contribution in [-0.2, 0) is 4.79 Å². The van der Waals surface area contributed by atoms with Crippen molar-refractivity contribution in [3.8, 4) is 5.75 Å². The Balaban J connectivity index is 2.09. The maximum atomic E-state index is 12.1. The molecule has 1 aromatic rings. The summed E-state index contributed by atoms with van der Waals surface area (Å²) in [6.07, 6.45) is -0.770. The van der Waals surface area contributed by atoms with Crippen LogP contribution in [0.5, 0.6) is 5.75 Å². The minimum atomic E-state index is -1.12. The number of hydrogen-bond acceptors (Lipinski definition) is 4. The van der Waals surface area contributed by atoms with E-state index in [9.17, 15) is 14.7 Å². The minimum Gasteiger partial charge on any atom is -0.497 e. The fourth-order valence-electron chi connectivity index (χ4n) is 2.17. The Morgan fingerprint density at radius 1 is 1.45 bits per heavy atom. The van der Waals surface area contributed by atoms with Crippen molar-refractivity contribution >= 4 is 17.7 Å². The van der Waals surface area contributed by atoms with Crippen LogP contribution in [0.2, 0.25) is 0 Å². The summed E-state index contributed by atoms with van der Waals surface area (Å²) in [5.41, 5.74) is 0.500. The zero-order valence-corrected chi connectivity index (χ0v) is 10.9. The number of amides is 2. The summed E-state index contributed by atoms with van der Waals surface area (Å²) in [5, 5.41) is 21.2. The molecule has 7 nitrogen and oxygen atoms in total. The van der Waals surface area contributed by atoms with Gasteiger partial charge in [0.05, 0.1) is 13.2 Å². The molecule has 1 aliphatic heterocycles. The smallest absolute Gasteiger partial charge is 0.326 e. The molecule has 1 fully saturated rings. The number of likely N-dealkylation sites (tertiary alicyclic amines) is 1. The molecular weight excluding hydrogens is 264 g/mol. The van der Waals surface area contributed by atoms with Crippen LogP contribution in [0.4, 0.5) is 10.5 Å². The van der Waals surface area contributed by atoms with Gasteiger partial charge < -0.3 is 25.2 Å². The van der Waals surface area contributed by atoms with E-state index in [2.05, 4.69) is 5.32 Å². The average molecular weight is 280 g/mol. The maximum absolute atomic E-state index is 12.1. The summed E-state index contributed by atoms with van der Waals surface area (Å²) in [6, 6.07) is 5.18. The van der Waals surface area contributed by atoms with Crippen LogP contribution in [0.25, 0.3) is 0 Å². The number of β-amino-alcohol motifs (C(OH)–C–C–N with tert-alkyl or cyclic N) is 1. The van der Waals surface area contributed by atoms with Gasteiger partial charge in [-0.15, -0.1) is 0 Å². The van der Waals surface area contributed by atoms with Crippen molar-refractivity contribution in [1.29, 1.82) is 0 Å². The fourth-order valence-corrected chi connectivity index (χ4v) is 2.17. The molecular formula is C13H16N2O5. The van der Waals surface area contributed by atoms with Gasteiger partial charge in [-0.25, -0.2) is 9.59 Å². The first-order chi connectivity index (χ1) is 9.51. The van der Waals surface area contributed by atoms with Gasteiger partial charge in [0.1, 0.15) is 11.8 Å². The Hall–Kier alpha value is -2.28. The van der Waals surface area contributed by atoms with Gasteiger partial charge in [0, 0.05) is 24.7 Å². The van der Waals surface area contributed by atoms with Crippen molar-refractivity contribution in [2.45, 2.75) is 18.6 Å². The fraction of sp³-hybridized carbons (Fsp3) is 0.385. The molecule has 1 aliphatic rings. The van der Waals surface area contributed by atoms with E-state index in [1.165, 1.54) is 7.11 Å². The van der Waals surface area contributed by atoms with Crippen LogP contribution in [0.3, 0.4) is 0 Å². The predicted octanol–water partition coefficient (Wildman–Crippen LogP) is 0.747. The lowest BCUT2D eigenvalue weighted by molar-refractivity contribution is -0.141. The molecule has 0 spiro atoms. The summed E-state index contributed by atoms with van der Waals surface area (Å²) in [7, 11) is 1.51. The molecule has 0 aromatic heterocycles. The van der Waals surface area contributed by atoms with E-state index in [0.29, 0.717) is 11.4 Å². The van der Waals surface area contributed by atoms with Crippen molar-refractivity contribution in [3.63, 3.8) is 0 Å². The van der Waals surface area contributed by atoms with Crippen molar-refractivity contribution in [2.75, 3.05) is 19.0 Å². The Kier molecular flexibility index (Phi) is 4.09. The monoisotopic (exact) mass is 280 g/mol. The molecule has 2 rings (SSSR count). The molecule has 1 aromatic carbocycles. The van der Waals surface area contributed by atoms with E-state index in [-0.39, 0.29) is 13.0 Å². The lowest BCUT2D eigenvalue weighted by Gasteiger charge is -2.21. The van der Waals surface area contributed by atoms with Crippen molar-refractivity contribution < 1.29 is 24.5 Å². The summed E-state index contributed by atoms with van der Waals surface area (Å²) in [6.45, 7) is 0.00671. The number of methoxy groups -OCH3 is 1. The molecule has 0 radical (unpaired) electrons. The van der Waals surface area contributed by atoms with Crippen molar-refractivity contribution in [3.05, 3.63) is 24.3 Å². The van der Waals surface area contributed by atoms with E-state index in [0.717, 1.165) is 4.90 Å². The summed E-state index contributed by atoms with van der Waals surface area (Å²) in [4.78, 5) is 24.3. The molecule has 0 bridgehead atoms. The summed E-state index contributed by atoms with van der Waals surface area (Å²) in [5.74, 6) is -0.540. The largest absolute Gasteiger partial charge is 0.497 e. The molecule has 3 N–H and O–H groups in total. The van der Waals surface area contributed by atoms with Gasteiger partial charge in [0.2, 0.25) is 0 Å². The highest BCUT2D eigenvalue weighted by atomic mass is 16.5. The van der Waals surface area contributed by atoms with Crippen LogP contribution in [0.1, 0.15) is 6.42 Å². The van der Waals surface area contributed by atoms with Crippen LogP contribution < -0.4 is 10.1 Å². The average Bonchev–Trinajstić information content (AvgIpc) is 2.81. The number of benzene rings is 1. The molecule has 2 atom stereocenters. The molecule has 0 saturated carbocycles. The number of carboxylic acid groups (broad SMARTS) is 1. The quantitative estimate of drug-likeness (QED) is 0.758. The van der Waals surface area contributed by atoms with Crippen molar-refractivity contribution in [1.82, 2.24) is 4.90 Å². The Labute approximate surface area is 115 Å². The molecule has 0 aliphatic carbocycles. The summed E-state index contributed by atoms with van der Waals surface area (Å²) >= 11 is 0. The van der Waals surface area contributed by atoms with E-state index in [1.807, 2.05) is 0 Å². The zero-order chi connectivity index (χ0) is 14.7. The van der Waals surface area contributed by atoms with Gasteiger partial charge in [-0.3, -0.25) is 0 Å². The van der Waals surface area contributed by atoms with E-state index >= 15 is 0 Å². The second-order valence-corrected chi connectivity index (χ2v) is 4.56. The molecule has 2 amide bonds. The minimum absolute atomic E-state index is 0.00671. The van der Waals surface area contributed by atoms with Crippen LogP contribution in [0, 0.1) is 0 Å². The third kappa shape index (κ3) is 3.00. The number of carbonyl (C=O) groups excluding carboxylic acids is 1. The second kappa shape index (κ2) is 5.79. The lowest BCUT2D eigenvalue weighted by Crippen LogP contribution is -2.43. The van der Waals surface area contributed by atoms with Crippen LogP contribution in [0.15, 0.2) is 24.3 Å². The van der Waals surface area contributed by atoms with Crippen LogP contribution >= 0.6 is 0 Å². The lowest BCUT2D eigenvalue weighted by atomic mass is 10.2. The number of nitrogens with one attached hydrogen (secondary N) is 1. The molecule has 1 saturated heterocycles. The molecule has 7 heteroatoms. The molecule has 108 valence electrons. The van der Waals surface area contributed by atoms with Crippen molar-refractivity contribution in [2.24, 2.45) is 0 Å². The summed E-state index contributed by atoms with van der Waals surface area (Å²) < 4.78 is 5.04. The number of anilines is 1. The van der Waals surface area contributed by atoms with E-state index < -0.39 is 24.1 Å². The van der Waals surface area contributed by atoms with Gasteiger partial charge in [0.25, 0.3) is 0 Å². The number of carbonyl (C=O) groups is 2. The number of hydrogen-bond donors (Lipinski definition) is 3. The first-order valence-corrected chi connectivity index (χ1v) is 6.14. The molecule has 0 unspecified atom stereocenters. The second-order valence-electron chi connectivity index (χ2n) is 4.56. The third-order valence-corrected chi connectivity index (χ3v) is 3.15. The highest BCUT2D eigenvalue weighted by Gasteiger charge is 2.38. The number of aliphatic hydroxyl groups excluding tert-OH is 1. The molecule has 1 heterocycles. The normalized spacial score (nSPS) is 21.6. The SMILES string of the molecule is COc1cccc(NC(=O)N2C[C@@H](O)C[C@H]2C(=O)O)c1. The van der Waals surface area contributed by atoms with Gasteiger partial charge in [-0.1, -0.05) is 6.07 Å². The van der Waals surface area contributed by atoms with Gasteiger partial charge >= 0.3 is 12.0 Å². The predicted molar refractivity (Wildman–Crippen MR) is 70.8 cm³/mol. The Morgan fingerprint density at radius 3 is 2.85 bits per heavy atom. The standard InChI is InChI=1S/C13H16N2O5/c1-20-10-4-2-3-8(5-10)14-13(19)15-7-9(16)6-11(15)12(17)18/h2-5,9,11,16H,6-7H2,1H3,(H,14,19)(H,17,18)/t9-,11-/m0/s1. The highest BCUT2D eigenvalue weighted by Crippen LogP contribution is 2.21. The zero-order valence-electron chi connectivity index (χ0n) is 10.9. The number of carboxylic acids is 1. The van der Waals surface area contributed by atoms with Crippen LogP contribution in [-0.4, -0.2) is 52.9 Å². The van der Waals surface area contributed by atoms with E-state index in [4.69, 9.17) is 9.84 Å².